The van der Waals surface area contributed by atoms with Crippen molar-refractivity contribution >= 4 is 11.6 Å². The molecule has 0 N–H and O–H groups in total. The van der Waals surface area contributed by atoms with Gasteiger partial charge < -0.3 is 9.64 Å². The summed E-state index contributed by atoms with van der Waals surface area (Å²) in [4.78, 5) is 16.6. The maximum Gasteiger partial charge on any atom is 0.241 e. The number of morpholine rings is 1. The van der Waals surface area contributed by atoms with E-state index < -0.39 is 0 Å². The van der Waals surface area contributed by atoms with E-state index in [0.717, 1.165) is 12.2 Å². The molecule has 0 radical (unpaired) electrons. The number of hydrogen-bond acceptors (Lipinski definition) is 3. The Labute approximate surface area is 127 Å². The van der Waals surface area contributed by atoms with Gasteiger partial charge in [0, 0.05) is 24.8 Å². The average molecular weight is 288 g/mol. The molecular formula is C17H24N2O2. The Balaban J connectivity index is 2.06. The van der Waals surface area contributed by atoms with Crippen LogP contribution in [0.5, 0.6) is 0 Å². The quantitative estimate of drug-likeness (QED) is 0.780. The van der Waals surface area contributed by atoms with Crippen LogP contribution >= 0.6 is 0 Å². The fourth-order valence-corrected chi connectivity index (χ4v) is 2.54. The topological polar surface area (TPSA) is 32.8 Å². The van der Waals surface area contributed by atoms with Gasteiger partial charge in [-0.05, 0) is 26.0 Å². The molecule has 0 aromatic heterocycles. The van der Waals surface area contributed by atoms with Crippen LogP contribution in [0.4, 0.5) is 5.69 Å². The highest BCUT2D eigenvalue weighted by Crippen LogP contribution is 2.16. The Morgan fingerprint density at radius 3 is 2.81 bits per heavy atom. The Morgan fingerprint density at radius 1 is 1.43 bits per heavy atom. The van der Waals surface area contributed by atoms with E-state index in [-0.39, 0.29) is 18.1 Å². The molecule has 1 fully saturated rings. The van der Waals surface area contributed by atoms with Gasteiger partial charge in [-0.3, -0.25) is 9.69 Å². The molecule has 4 nitrogen and oxygen atoms in total. The zero-order chi connectivity index (χ0) is 15.2. The largest absolute Gasteiger partial charge is 0.376 e. The summed E-state index contributed by atoms with van der Waals surface area (Å²) in [5.41, 5.74) is 0.913. The molecule has 0 spiro atoms. The lowest BCUT2D eigenvalue weighted by Crippen LogP contribution is -2.51. The fraction of sp³-hybridized carbons (Fsp3) is 0.471. The lowest BCUT2D eigenvalue weighted by atomic mass is 10.2. The zero-order valence-electron chi connectivity index (χ0n) is 12.9. The standard InChI is InChI=1S/C17H24N2O2/c1-4-10-19(16-8-6-5-7-9-16)17(20)12-18-11-15(3)21-13-14(18)2/h4-9,14-15H,1,10-13H2,2-3H3. The van der Waals surface area contributed by atoms with Gasteiger partial charge in [-0.2, -0.15) is 0 Å². The van der Waals surface area contributed by atoms with E-state index in [1.807, 2.05) is 37.3 Å². The predicted octanol–water partition coefficient (Wildman–Crippen LogP) is 2.31. The summed E-state index contributed by atoms with van der Waals surface area (Å²) in [7, 11) is 0. The summed E-state index contributed by atoms with van der Waals surface area (Å²) in [6, 6.07) is 10.0. The maximum atomic E-state index is 12.6. The van der Waals surface area contributed by atoms with Crippen molar-refractivity contribution in [3.63, 3.8) is 0 Å². The summed E-state index contributed by atoms with van der Waals surface area (Å²) in [5, 5.41) is 0. The first kappa shape index (κ1) is 15.7. The summed E-state index contributed by atoms with van der Waals surface area (Å²) >= 11 is 0. The number of anilines is 1. The van der Waals surface area contributed by atoms with E-state index in [1.165, 1.54) is 0 Å². The van der Waals surface area contributed by atoms with Crippen molar-refractivity contribution in [1.29, 1.82) is 0 Å². The molecule has 21 heavy (non-hydrogen) atoms. The van der Waals surface area contributed by atoms with Gasteiger partial charge in [0.05, 0.1) is 19.3 Å². The van der Waals surface area contributed by atoms with Gasteiger partial charge in [-0.25, -0.2) is 0 Å². The lowest BCUT2D eigenvalue weighted by Gasteiger charge is -2.37. The van der Waals surface area contributed by atoms with Crippen LogP contribution in [0.1, 0.15) is 13.8 Å². The van der Waals surface area contributed by atoms with E-state index >= 15 is 0 Å². The van der Waals surface area contributed by atoms with Crippen molar-refractivity contribution in [2.45, 2.75) is 26.0 Å². The van der Waals surface area contributed by atoms with Crippen LogP contribution in [0.15, 0.2) is 43.0 Å². The summed E-state index contributed by atoms with van der Waals surface area (Å²) in [6.45, 7) is 10.3. The number of carbonyl (C=O) groups excluding carboxylic acids is 1. The Hall–Kier alpha value is -1.65. The summed E-state index contributed by atoms with van der Waals surface area (Å²) < 4.78 is 5.61. The monoisotopic (exact) mass is 288 g/mol. The smallest absolute Gasteiger partial charge is 0.241 e. The SMILES string of the molecule is C=CCN(C(=O)CN1CC(C)OCC1C)c1ccccc1. The number of ether oxygens (including phenoxy) is 1. The Morgan fingerprint density at radius 2 is 2.14 bits per heavy atom. The van der Waals surface area contributed by atoms with Crippen LogP contribution < -0.4 is 4.90 Å². The maximum absolute atomic E-state index is 12.6. The Kier molecular flexibility index (Phi) is 5.53. The minimum Gasteiger partial charge on any atom is -0.376 e. The molecule has 1 heterocycles. The second-order valence-electron chi connectivity index (χ2n) is 5.55. The Bertz CT molecular complexity index is 475. The molecule has 1 aliphatic rings. The van der Waals surface area contributed by atoms with Crippen LogP contribution in [0, 0.1) is 0 Å². The van der Waals surface area contributed by atoms with Crippen molar-refractivity contribution < 1.29 is 9.53 Å². The number of benzene rings is 1. The lowest BCUT2D eigenvalue weighted by molar-refractivity contribution is -0.123. The molecule has 4 heteroatoms. The molecule has 0 aliphatic carbocycles. The van der Waals surface area contributed by atoms with E-state index in [9.17, 15) is 4.79 Å². The van der Waals surface area contributed by atoms with Crippen molar-refractivity contribution in [2.75, 3.05) is 31.1 Å². The molecule has 1 amide bonds. The molecule has 2 unspecified atom stereocenters. The summed E-state index contributed by atoms with van der Waals surface area (Å²) in [6.07, 6.45) is 1.94. The fourth-order valence-electron chi connectivity index (χ4n) is 2.54. The molecule has 1 aromatic rings. The summed E-state index contributed by atoms with van der Waals surface area (Å²) in [5.74, 6) is 0.0991. The molecule has 1 aliphatic heterocycles. The third kappa shape index (κ3) is 4.16. The van der Waals surface area contributed by atoms with Gasteiger partial charge >= 0.3 is 0 Å². The average Bonchev–Trinajstić information content (AvgIpc) is 2.49. The highest BCUT2D eigenvalue weighted by molar-refractivity contribution is 5.95. The van der Waals surface area contributed by atoms with Gasteiger partial charge in [-0.15, -0.1) is 6.58 Å². The van der Waals surface area contributed by atoms with Crippen LogP contribution in [-0.2, 0) is 9.53 Å². The molecule has 2 atom stereocenters. The van der Waals surface area contributed by atoms with Crippen molar-refractivity contribution in [3.8, 4) is 0 Å². The van der Waals surface area contributed by atoms with E-state index in [2.05, 4.69) is 18.4 Å². The molecule has 0 bridgehead atoms. The molecule has 1 aromatic carbocycles. The first-order chi connectivity index (χ1) is 10.1. The van der Waals surface area contributed by atoms with Crippen LogP contribution in [0.3, 0.4) is 0 Å². The normalized spacial score (nSPS) is 22.8. The third-order valence-electron chi connectivity index (χ3n) is 3.76. The predicted molar refractivity (Wildman–Crippen MR) is 85.4 cm³/mol. The molecule has 114 valence electrons. The van der Waals surface area contributed by atoms with Gasteiger partial charge in [-0.1, -0.05) is 24.3 Å². The van der Waals surface area contributed by atoms with Gasteiger partial charge in [0.15, 0.2) is 0 Å². The second kappa shape index (κ2) is 7.38. The molecule has 2 rings (SSSR count). The van der Waals surface area contributed by atoms with Crippen LogP contribution in [-0.4, -0.2) is 49.2 Å². The van der Waals surface area contributed by atoms with Crippen molar-refractivity contribution in [2.24, 2.45) is 0 Å². The number of nitrogens with zero attached hydrogens (tertiary/aromatic N) is 2. The van der Waals surface area contributed by atoms with Gasteiger partial charge in [0.1, 0.15) is 0 Å². The zero-order valence-corrected chi connectivity index (χ0v) is 12.9. The van der Waals surface area contributed by atoms with Crippen LogP contribution in [0.2, 0.25) is 0 Å². The second-order valence-corrected chi connectivity index (χ2v) is 5.55. The highest BCUT2D eigenvalue weighted by Gasteiger charge is 2.27. The molecule has 0 saturated carbocycles. The van der Waals surface area contributed by atoms with Gasteiger partial charge in [0.2, 0.25) is 5.91 Å². The first-order valence-corrected chi connectivity index (χ1v) is 7.43. The number of amides is 1. The van der Waals surface area contributed by atoms with Gasteiger partial charge in [0.25, 0.3) is 0 Å². The van der Waals surface area contributed by atoms with Crippen molar-refractivity contribution in [1.82, 2.24) is 4.90 Å². The highest BCUT2D eigenvalue weighted by atomic mass is 16.5. The van der Waals surface area contributed by atoms with Crippen molar-refractivity contribution in [3.05, 3.63) is 43.0 Å². The minimum atomic E-state index is 0.0991. The van der Waals surface area contributed by atoms with E-state index in [4.69, 9.17) is 4.74 Å². The number of rotatable bonds is 5. The third-order valence-corrected chi connectivity index (χ3v) is 3.76. The molecule has 1 saturated heterocycles. The van der Waals surface area contributed by atoms with E-state index in [1.54, 1.807) is 11.0 Å². The molecular weight excluding hydrogens is 264 g/mol. The van der Waals surface area contributed by atoms with E-state index in [0.29, 0.717) is 19.7 Å². The first-order valence-electron chi connectivity index (χ1n) is 7.43. The van der Waals surface area contributed by atoms with Crippen LogP contribution in [0.25, 0.3) is 0 Å². The minimum absolute atomic E-state index is 0.0991. The number of hydrogen-bond donors (Lipinski definition) is 0. The number of carbonyl (C=O) groups is 1. The number of para-hydroxylation sites is 1.